The summed E-state index contributed by atoms with van der Waals surface area (Å²) in [7, 11) is 0. The Kier molecular flexibility index (Phi) is 4.24. The minimum atomic E-state index is -0.249. The molecule has 1 aliphatic heterocycles. The molecule has 124 valence electrons. The summed E-state index contributed by atoms with van der Waals surface area (Å²) < 4.78 is 13.3. The molecule has 4 rings (SSSR count). The molecular weight excluding hydrogens is 335 g/mol. The standard InChI is InChI=1S/C21H16ClFN2/c22-17-8-6-15(7-9-17)20-14-21(16-4-2-1-3-5-16)25(24-20)19-12-10-18(23)11-13-19/h1-13,21H,14H2. The number of benzene rings is 3. The van der Waals surface area contributed by atoms with Crippen molar-refractivity contribution in [3.05, 3.63) is 101 Å². The fourth-order valence-corrected chi connectivity index (χ4v) is 3.22. The van der Waals surface area contributed by atoms with Gasteiger partial charge in [0.15, 0.2) is 0 Å². The maximum atomic E-state index is 13.3. The second-order valence-corrected chi connectivity index (χ2v) is 6.44. The predicted octanol–water partition coefficient (Wildman–Crippen LogP) is 5.83. The van der Waals surface area contributed by atoms with Gasteiger partial charge in [-0.3, -0.25) is 5.01 Å². The average molecular weight is 351 g/mol. The third-order valence-corrected chi connectivity index (χ3v) is 4.62. The molecule has 25 heavy (non-hydrogen) atoms. The molecule has 3 aromatic rings. The first kappa shape index (κ1) is 15.9. The van der Waals surface area contributed by atoms with Gasteiger partial charge in [-0.2, -0.15) is 5.10 Å². The Labute approximate surface area is 151 Å². The topological polar surface area (TPSA) is 15.6 Å². The molecule has 0 bridgehead atoms. The summed E-state index contributed by atoms with van der Waals surface area (Å²) in [6, 6.07) is 24.5. The smallest absolute Gasteiger partial charge is 0.123 e. The first-order valence-electron chi connectivity index (χ1n) is 8.14. The van der Waals surface area contributed by atoms with Gasteiger partial charge in [-0.05, 0) is 47.5 Å². The molecule has 1 atom stereocenters. The largest absolute Gasteiger partial charge is 0.257 e. The van der Waals surface area contributed by atoms with E-state index >= 15 is 0 Å². The van der Waals surface area contributed by atoms with E-state index < -0.39 is 0 Å². The van der Waals surface area contributed by atoms with E-state index in [0.717, 1.165) is 23.4 Å². The van der Waals surface area contributed by atoms with Crippen molar-refractivity contribution in [2.45, 2.75) is 12.5 Å². The highest BCUT2D eigenvalue weighted by Crippen LogP contribution is 2.36. The molecule has 0 fully saturated rings. The third kappa shape index (κ3) is 3.28. The summed E-state index contributed by atoms with van der Waals surface area (Å²) in [5.74, 6) is -0.249. The number of hydrogen-bond acceptors (Lipinski definition) is 2. The predicted molar refractivity (Wildman–Crippen MR) is 101 cm³/mol. The van der Waals surface area contributed by atoms with Gasteiger partial charge in [-0.1, -0.05) is 54.1 Å². The van der Waals surface area contributed by atoms with Gasteiger partial charge in [0.1, 0.15) is 5.82 Å². The van der Waals surface area contributed by atoms with Crippen LogP contribution in [-0.2, 0) is 0 Å². The first-order valence-corrected chi connectivity index (χ1v) is 8.52. The van der Waals surface area contributed by atoms with E-state index in [9.17, 15) is 4.39 Å². The molecule has 1 heterocycles. The summed E-state index contributed by atoms with van der Waals surface area (Å²) in [5, 5.41) is 7.51. The van der Waals surface area contributed by atoms with Crippen molar-refractivity contribution in [1.29, 1.82) is 0 Å². The van der Waals surface area contributed by atoms with Crippen LogP contribution >= 0.6 is 11.6 Å². The molecule has 0 aromatic heterocycles. The normalized spacial score (nSPS) is 16.8. The van der Waals surface area contributed by atoms with Crippen LogP contribution < -0.4 is 5.01 Å². The van der Waals surface area contributed by atoms with E-state index in [1.54, 1.807) is 12.1 Å². The van der Waals surface area contributed by atoms with Crippen LogP contribution in [0, 0.1) is 5.82 Å². The maximum absolute atomic E-state index is 13.3. The molecule has 4 heteroatoms. The van der Waals surface area contributed by atoms with Gasteiger partial charge in [0.25, 0.3) is 0 Å². The zero-order valence-electron chi connectivity index (χ0n) is 13.4. The third-order valence-electron chi connectivity index (χ3n) is 4.36. The zero-order chi connectivity index (χ0) is 17.2. The van der Waals surface area contributed by atoms with Crippen molar-refractivity contribution in [3.8, 4) is 0 Å². The molecular formula is C21H16ClFN2. The summed E-state index contributed by atoms with van der Waals surface area (Å²) in [4.78, 5) is 0. The van der Waals surface area contributed by atoms with E-state index in [-0.39, 0.29) is 11.9 Å². The van der Waals surface area contributed by atoms with Gasteiger partial charge in [0.2, 0.25) is 0 Å². The van der Waals surface area contributed by atoms with Crippen LogP contribution in [-0.4, -0.2) is 5.71 Å². The molecule has 0 N–H and O–H groups in total. The van der Waals surface area contributed by atoms with Crippen molar-refractivity contribution in [2.75, 3.05) is 5.01 Å². The van der Waals surface area contributed by atoms with Crippen LogP contribution in [0.3, 0.4) is 0 Å². The Bertz CT molecular complexity index is 889. The highest BCUT2D eigenvalue weighted by molar-refractivity contribution is 6.30. The molecule has 2 nitrogen and oxygen atoms in total. The zero-order valence-corrected chi connectivity index (χ0v) is 14.2. The Balaban J connectivity index is 1.74. The van der Waals surface area contributed by atoms with E-state index in [0.29, 0.717) is 5.02 Å². The second kappa shape index (κ2) is 6.69. The van der Waals surface area contributed by atoms with Crippen molar-refractivity contribution in [2.24, 2.45) is 5.10 Å². The average Bonchev–Trinajstić information content (AvgIpc) is 3.09. The molecule has 1 unspecified atom stereocenters. The number of rotatable bonds is 3. The molecule has 0 spiro atoms. The highest BCUT2D eigenvalue weighted by Gasteiger charge is 2.29. The van der Waals surface area contributed by atoms with Gasteiger partial charge in [-0.25, -0.2) is 4.39 Å². The molecule has 0 saturated heterocycles. The maximum Gasteiger partial charge on any atom is 0.123 e. The van der Waals surface area contributed by atoms with Crippen LogP contribution in [0.1, 0.15) is 23.6 Å². The minimum absolute atomic E-state index is 0.0809. The lowest BCUT2D eigenvalue weighted by Gasteiger charge is -2.24. The van der Waals surface area contributed by atoms with Crippen molar-refractivity contribution in [3.63, 3.8) is 0 Å². The summed E-state index contributed by atoms with van der Waals surface area (Å²) in [6.45, 7) is 0. The monoisotopic (exact) mass is 350 g/mol. The van der Waals surface area contributed by atoms with E-state index in [2.05, 4.69) is 12.1 Å². The molecule has 0 aliphatic carbocycles. The Morgan fingerprint density at radius 1 is 0.880 bits per heavy atom. The van der Waals surface area contributed by atoms with E-state index in [4.69, 9.17) is 16.7 Å². The number of halogens is 2. The fourth-order valence-electron chi connectivity index (χ4n) is 3.09. The van der Waals surface area contributed by atoms with E-state index in [1.165, 1.54) is 17.7 Å². The number of nitrogens with zero attached hydrogens (tertiary/aromatic N) is 2. The quantitative estimate of drug-likeness (QED) is 0.579. The number of anilines is 1. The van der Waals surface area contributed by atoms with Crippen LogP contribution in [0.15, 0.2) is 84.0 Å². The van der Waals surface area contributed by atoms with Gasteiger partial charge in [0, 0.05) is 11.4 Å². The van der Waals surface area contributed by atoms with Crippen molar-refractivity contribution >= 4 is 23.0 Å². The summed E-state index contributed by atoms with van der Waals surface area (Å²) in [5.41, 5.74) is 4.10. The Hall–Kier alpha value is -2.65. The minimum Gasteiger partial charge on any atom is -0.257 e. The van der Waals surface area contributed by atoms with Crippen molar-refractivity contribution in [1.82, 2.24) is 0 Å². The van der Waals surface area contributed by atoms with Crippen molar-refractivity contribution < 1.29 is 4.39 Å². The van der Waals surface area contributed by atoms with Gasteiger partial charge < -0.3 is 0 Å². The molecule has 3 aromatic carbocycles. The van der Waals surface area contributed by atoms with E-state index in [1.807, 2.05) is 47.5 Å². The van der Waals surface area contributed by atoms with Gasteiger partial charge in [-0.15, -0.1) is 0 Å². The summed E-state index contributed by atoms with van der Waals surface area (Å²) >= 11 is 6.00. The van der Waals surface area contributed by atoms with Crippen LogP contribution in [0.5, 0.6) is 0 Å². The lowest BCUT2D eigenvalue weighted by atomic mass is 9.98. The fraction of sp³-hybridized carbons (Fsp3) is 0.0952. The second-order valence-electron chi connectivity index (χ2n) is 6.01. The van der Waals surface area contributed by atoms with Crippen LogP contribution in [0.25, 0.3) is 0 Å². The number of hydrazone groups is 1. The first-order chi connectivity index (χ1) is 12.2. The van der Waals surface area contributed by atoms with Gasteiger partial charge in [0.05, 0.1) is 17.4 Å². The van der Waals surface area contributed by atoms with Crippen LogP contribution in [0.2, 0.25) is 5.02 Å². The lowest BCUT2D eigenvalue weighted by molar-refractivity contribution is 0.626. The summed E-state index contributed by atoms with van der Waals surface area (Å²) in [6.07, 6.45) is 0.781. The highest BCUT2D eigenvalue weighted by atomic mass is 35.5. The molecule has 1 aliphatic rings. The molecule has 0 saturated carbocycles. The number of hydrogen-bond donors (Lipinski definition) is 0. The SMILES string of the molecule is Fc1ccc(N2N=C(c3ccc(Cl)cc3)CC2c2ccccc2)cc1. The Morgan fingerprint density at radius 3 is 2.24 bits per heavy atom. The van der Waals surface area contributed by atoms with Gasteiger partial charge >= 0.3 is 0 Å². The Morgan fingerprint density at radius 2 is 1.56 bits per heavy atom. The molecule has 0 amide bonds. The molecule has 0 radical (unpaired) electrons. The lowest BCUT2D eigenvalue weighted by Crippen LogP contribution is -2.18. The van der Waals surface area contributed by atoms with Crippen LogP contribution in [0.4, 0.5) is 10.1 Å².